The number of hydrogen-bond donors (Lipinski definition) is 2. The molecule has 3 heteroatoms. The van der Waals surface area contributed by atoms with Gasteiger partial charge in [0.1, 0.15) is 0 Å². The van der Waals surface area contributed by atoms with Crippen LogP contribution in [-0.4, -0.2) is 30.0 Å². The highest BCUT2D eigenvalue weighted by Crippen LogP contribution is 2.15. The lowest BCUT2D eigenvalue weighted by Crippen LogP contribution is -2.25. The van der Waals surface area contributed by atoms with E-state index in [0.29, 0.717) is 6.54 Å². The zero-order valence-corrected chi connectivity index (χ0v) is 9.03. The zero-order chi connectivity index (χ0) is 10.7. The second-order valence-corrected chi connectivity index (χ2v) is 3.91. The Morgan fingerprint density at radius 3 is 2.87 bits per heavy atom. The van der Waals surface area contributed by atoms with Crippen LogP contribution in [0, 0.1) is 0 Å². The molecule has 0 aliphatic carbocycles. The van der Waals surface area contributed by atoms with E-state index in [1.807, 2.05) is 6.07 Å². The van der Waals surface area contributed by atoms with Gasteiger partial charge in [-0.25, -0.2) is 0 Å². The summed E-state index contributed by atoms with van der Waals surface area (Å²) in [5.74, 6) is 0. The summed E-state index contributed by atoms with van der Waals surface area (Å²) in [6.45, 7) is 2.55. The summed E-state index contributed by atoms with van der Waals surface area (Å²) in [5, 5.41) is 1.27. The van der Waals surface area contributed by atoms with E-state index in [2.05, 4.69) is 41.2 Å². The van der Waals surface area contributed by atoms with E-state index in [-0.39, 0.29) is 0 Å². The topological polar surface area (TPSA) is 45.0 Å². The summed E-state index contributed by atoms with van der Waals surface area (Å²) >= 11 is 0. The Kier molecular flexibility index (Phi) is 3.04. The van der Waals surface area contributed by atoms with Crippen LogP contribution in [0.5, 0.6) is 0 Å². The average molecular weight is 203 g/mol. The normalized spacial score (nSPS) is 11.4. The first-order chi connectivity index (χ1) is 7.29. The summed E-state index contributed by atoms with van der Waals surface area (Å²) in [4.78, 5) is 5.62. The van der Waals surface area contributed by atoms with Crippen LogP contribution in [0.3, 0.4) is 0 Å². The standard InChI is InChI=1S/C12H17N3/c1-15(7-6-13)9-11-8-10-4-2-3-5-12(10)14-11/h2-5,8,14H,6-7,9,13H2,1H3. The van der Waals surface area contributed by atoms with Crippen molar-refractivity contribution in [2.45, 2.75) is 6.54 Å². The van der Waals surface area contributed by atoms with E-state index in [4.69, 9.17) is 5.73 Å². The Labute approximate surface area is 89.9 Å². The Bertz CT molecular complexity index is 400. The minimum atomic E-state index is 0.705. The highest BCUT2D eigenvalue weighted by Gasteiger charge is 2.02. The highest BCUT2D eigenvalue weighted by atomic mass is 15.1. The van der Waals surface area contributed by atoms with E-state index in [1.54, 1.807) is 0 Å². The molecule has 0 aliphatic heterocycles. The first-order valence-electron chi connectivity index (χ1n) is 5.25. The van der Waals surface area contributed by atoms with Crippen LogP contribution in [0.2, 0.25) is 0 Å². The first kappa shape index (κ1) is 10.2. The zero-order valence-electron chi connectivity index (χ0n) is 9.03. The molecule has 0 saturated carbocycles. The van der Waals surface area contributed by atoms with E-state index >= 15 is 0 Å². The molecule has 80 valence electrons. The quantitative estimate of drug-likeness (QED) is 0.792. The van der Waals surface area contributed by atoms with Gasteiger partial charge >= 0.3 is 0 Å². The Balaban J connectivity index is 2.15. The van der Waals surface area contributed by atoms with E-state index in [0.717, 1.165) is 13.1 Å². The predicted molar refractivity (Wildman–Crippen MR) is 63.7 cm³/mol. The third kappa shape index (κ3) is 2.37. The number of para-hydroxylation sites is 1. The van der Waals surface area contributed by atoms with Gasteiger partial charge in [-0.1, -0.05) is 18.2 Å². The van der Waals surface area contributed by atoms with Crippen molar-refractivity contribution in [2.24, 2.45) is 5.73 Å². The average Bonchev–Trinajstić information content (AvgIpc) is 2.59. The fourth-order valence-electron chi connectivity index (χ4n) is 1.81. The fraction of sp³-hybridized carbons (Fsp3) is 0.333. The molecule has 0 saturated heterocycles. The molecule has 0 unspecified atom stereocenters. The maximum atomic E-state index is 5.51. The van der Waals surface area contributed by atoms with Crippen molar-refractivity contribution < 1.29 is 0 Å². The molecule has 3 N–H and O–H groups in total. The molecule has 2 aromatic rings. The van der Waals surface area contributed by atoms with Crippen molar-refractivity contribution in [3.8, 4) is 0 Å². The van der Waals surface area contributed by atoms with Crippen molar-refractivity contribution in [2.75, 3.05) is 20.1 Å². The number of benzene rings is 1. The van der Waals surface area contributed by atoms with Crippen molar-refractivity contribution in [3.63, 3.8) is 0 Å². The molecule has 0 spiro atoms. The van der Waals surface area contributed by atoms with Gasteiger partial charge in [-0.15, -0.1) is 0 Å². The van der Waals surface area contributed by atoms with E-state index < -0.39 is 0 Å². The highest BCUT2D eigenvalue weighted by molar-refractivity contribution is 5.80. The van der Waals surface area contributed by atoms with Crippen molar-refractivity contribution >= 4 is 10.9 Å². The van der Waals surface area contributed by atoms with Crippen LogP contribution in [0.4, 0.5) is 0 Å². The molecular weight excluding hydrogens is 186 g/mol. The number of fused-ring (bicyclic) bond motifs is 1. The molecule has 3 nitrogen and oxygen atoms in total. The SMILES string of the molecule is CN(CCN)Cc1cc2ccccc2[nH]1. The van der Waals surface area contributed by atoms with Gasteiger partial charge in [0, 0.05) is 30.8 Å². The van der Waals surface area contributed by atoms with Gasteiger partial charge in [-0.05, 0) is 24.6 Å². The number of nitrogens with one attached hydrogen (secondary N) is 1. The molecule has 2 rings (SSSR count). The van der Waals surface area contributed by atoms with Gasteiger partial charge in [0.25, 0.3) is 0 Å². The predicted octanol–water partition coefficient (Wildman–Crippen LogP) is 1.56. The van der Waals surface area contributed by atoms with Crippen LogP contribution in [0.1, 0.15) is 5.69 Å². The molecule has 0 aliphatic rings. The molecule has 0 radical (unpaired) electrons. The van der Waals surface area contributed by atoms with Gasteiger partial charge in [-0.3, -0.25) is 4.90 Å². The van der Waals surface area contributed by atoms with Crippen LogP contribution in [-0.2, 0) is 6.54 Å². The van der Waals surface area contributed by atoms with Crippen molar-refractivity contribution in [1.29, 1.82) is 0 Å². The van der Waals surface area contributed by atoms with E-state index in [9.17, 15) is 0 Å². The minimum absolute atomic E-state index is 0.705. The lowest BCUT2D eigenvalue weighted by Gasteiger charge is -2.13. The number of hydrogen-bond acceptors (Lipinski definition) is 2. The van der Waals surface area contributed by atoms with Crippen LogP contribution in [0.25, 0.3) is 10.9 Å². The van der Waals surface area contributed by atoms with Crippen LogP contribution < -0.4 is 5.73 Å². The maximum Gasteiger partial charge on any atom is 0.0456 e. The molecule has 0 atom stereocenters. The summed E-state index contributed by atoms with van der Waals surface area (Å²) < 4.78 is 0. The number of rotatable bonds is 4. The van der Waals surface area contributed by atoms with Gasteiger partial charge in [0.05, 0.1) is 0 Å². The molecule has 15 heavy (non-hydrogen) atoms. The monoisotopic (exact) mass is 203 g/mol. The summed E-state index contributed by atoms with van der Waals surface area (Å²) in [5.41, 5.74) is 7.95. The summed E-state index contributed by atoms with van der Waals surface area (Å²) in [6.07, 6.45) is 0. The minimum Gasteiger partial charge on any atom is -0.357 e. The van der Waals surface area contributed by atoms with Gasteiger partial charge in [0.2, 0.25) is 0 Å². The second-order valence-electron chi connectivity index (χ2n) is 3.91. The smallest absolute Gasteiger partial charge is 0.0456 e. The number of H-pyrrole nitrogens is 1. The number of likely N-dealkylation sites (N-methyl/N-ethyl adjacent to an activating group) is 1. The first-order valence-corrected chi connectivity index (χ1v) is 5.25. The molecule has 1 aromatic heterocycles. The lowest BCUT2D eigenvalue weighted by atomic mass is 10.2. The third-order valence-corrected chi connectivity index (χ3v) is 2.54. The largest absolute Gasteiger partial charge is 0.357 e. The van der Waals surface area contributed by atoms with Crippen LogP contribution in [0.15, 0.2) is 30.3 Å². The van der Waals surface area contributed by atoms with Gasteiger partial charge in [0.15, 0.2) is 0 Å². The second kappa shape index (κ2) is 4.47. The molecule has 0 fully saturated rings. The molecule has 0 bridgehead atoms. The molecular formula is C12H17N3. The maximum absolute atomic E-state index is 5.51. The van der Waals surface area contributed by atoms with Gasteiger partial charge < -0.3 is 10.7 Å². The Hall–Kier alpha value is -1.32. The van der Waals surface area contributed by atoms with Crippen molar-refractivity contribution in [1.82, 2.24) is 9.88 Å². The lowest BCUT2D eigenvalue weighted by molar-refractivity contribution is 0.333. The summed E-state index contributed by atoms with van der Waals surface area (Å²) in [7, 11) is 2.08. The Morgan fingerprint density at radius 1 is 1.33 bits per heavy atom. The molecule has 1 aromatic carbocycles. The summed E-state index contributed by atoms with van der Waals surface area (Å²) in [6, 6.07) is 10.5. The number of nitrogens with zero attached hydrogens (tertiary/aromatic N) is 1. The van der Waals surface area contributed by atoms with E-state index in [1.165, 1.54) is 16.6 Å². The molecule has 1 heterocycles. The molecule has 0 amide bonds. The fourth-order valence-corrected chi connectivity index (χ4v) is 1.81. The Morgan fingerprint density at radius 2 is 2.13 bits per heavy atom. The third-order valence-electron chi connectivity index (χ3n) is 2.54. The number of aromatic nitrogens is 1. The van der Waals surface area contributed by atoms with Gasteiger partial charge in [-0.2, -0.15) is 0 Å². The van der Waals surface area contributed by atoms with Crippen molar-refractivity contribution in [3.05, 3.63) is 36.0 Å². The van der Waals surface area contributed by atoms with Crippen LogP contribution >= 0.6 is 0 Å². The number of aromatic amines is 1. The number of nitrogens with two attached hydrogens (primary N) is 1.